The minimum absolute atomic E-state index is 0.336. The van der Waals surface area contributed by atoms with E-state index in [2.05, 4.69) is 0 Å². The van der Waals surface area contributed by atoms with Crippen molar-refractivity contribution in [2.24, 2.45) is 0 Å². The molecule has 0 N–H and O–H groups in total. The van der Waals surface area contributed by atoms with Gasteiger partial charge in [0.15, 0.2) is 0 Å². The highest BCUT2D eigenvalue weighted by Gasteiger charge is 2.07. The molecular weight excluding hydrogens is 243 g/mol. The average molecular weight is 256 g/mol. The van der Waals surface area contributed by atoms with Crippen molar-refractivity contribution in [1.29, 1.82) is 0 Å². The number of carbonyl (C=O) groups is 1. The molecule has 0 atom stereocenters. The number of carbonyl (C=O) groups excluding carboxylic acids is 1. The SMILES string of the molecule is COc1cccc(/C(=C\C=O)c2cccc(F)c2)c1. The van der Waals surface area contributed by atoms with E-state index in [1.807, 2.05) is 18.2 Å². The van der Waals surface area contributed by atoms with Gasteiger partial charge in [-0.25, -0.2) is 4.39 Å². The van der Waals surface area contributed by atoms with Gasteiger partial charge in [-0.1, -0.05) is 24.3 Å². The number of benzene rings is 2. The standard InChI is InChI=1S/C16H13FO2/c1-19-15-7-3-5-13(11-15)16(8-9-18)12-4-2-6-14(17)10-12/h2-11H,1H3/b16-8-. The number of allylic oxidation sites excluding steroid dienone is 1. The molecule has 0 fully saturated rings. The van der Waals surface area contributed by atoms with Gasteiger partial charge in [0.2, 0.25) is 0 Å². The quantitative estimate of drug-likeness (QED) is 0.618. The molecule has 2 aromatic carbocycles. The second-order valence-electron chi connectivity index (χ2n) is 3.96. The molecular formula is C16H13FO2. The maximum Gasteiger partial charge on any atom is 0.143 e. The van der Waals surface area contributed by atoms with Gasteiger partial charge in [-0.05, 0) is 47.0 Å². The molecule has 2 aromatic rings. The molecule has 2 nitrogen and oxygen atoms in total. The lowest BCUT2D eigenvalue weighted by Crippen LogP contribution is -1.91. The number of aldehydes is 1. The van der Waals surface area contributed by atoms with Crippen LogP contribution < -0.4 is 4.74 Å². The Kier molecular flexibility index (Phi) is 4.08. The summed E-state index contributed by atoms with van der Waals surface area (Å²) in [6.07, 6.45) is 2.11. The van der Waals surface area contributed by atoms with Gasteiger partial charge in [0.05, 0.1) is 7.11 Å². The first-order valence-electron chi connectivity index (χ1n) is 5.80. The molecule has 0 amide bonds. The van der Waals surface area contributed by atoms with E-state index in [9.17, 15) is 9.18 Å². The van der Waals surface area contributed by atoms with Crippen LogP contribution in [0.15, 0.2) is 54.6 Å². The predicted molar refractivity (Wildman–Crippen MR) is 72.5 cm³/mol. The largest absolute Gasteiger partial charge is 0.497 e. The molecule has 2 rings (SSSR count). The average Bonchev–Trinajstić information content (AvgIpc) is 2.45. The van der Waals surface area contributed by atoms with E-state index in [0.717, 1.165) is 5.56 Å². The van der Waals surface area contributed by atoms with Crippen molar-refractivity contribution in [2.45, 2.75) is 0 Å². The first kappa shape index (κ1) is 13.0. The molecule has 0 radical (unpaired) electrons. The van der Waals surface area contributed by atoms with E-state index >= 15 is 0 Å². The van der Waals surface area contributed by atoms with Gasteiger partial charge in [-0.15, -0.1) is 0 Å². The summed E-state index contributed by atoms with van der Waals surface area (Å²) < 4.78 is 18.4. The lowest BCUT2D eigenvalue weighted by atomic mass is 9.97. The predicted octanol–water partition coefficient (Wildman–Crippen LogP) is 3.46. The van der Waals surface area contributed by atoms with Crippen molar-refractivity contribution < 1.29 is 13.9 Å². The molecule has 0 aliphatic carbocycles. The Balaban J connectivity index is 2.51. The fraction of sp³-hybridized carbons (Fsp3) is 0.0625. The van der Waals surface area contributed by atoms with Crippen LogP contribution in [0.25, 0.3) is 5.57 Å². The van der Waals surface area contributed by atoms with Crippen LogP contribution in [0.2, 0.25) is 0 Å². The smallest absolute Gasteiger partial charge is 0.143 e. The highest BCUT2D eigenvalue weighted by molar-refractivity contribution is 5.89. The highest BCUT2D eigenvalue weighted by atomic mass is 19.1. The minimum Gasteiger partial charge on any atom is -0.497 e. The van der Waals surface area contributed by atoms with Gasteiger partial charge >= 0.3 is 0 Å². The summed E-state index contributed by atoms with van der Waals surface area (Å²) in [5.74, 6) is 0.350. The lowest BCUT2D eigenvalue weighted by molar-refractivity contribution is -0.104. The monoisotopic (exact) mass is 256 g/mol. The van der Waals surface area contributed by atoms with Gasteiger partial charge in [0.1, 0.15) is 17.9 Å². The zero-order valence-corrected chi connectivity index (χ0v) is 10.5. The Morgan fingerprint density at radius 1 is 1.11 bits per heavy atom. The van der Waals surface area contributed by atoms with Crippen molar-refractivity contribution in [1.82, 2.24) is 0 Å². The number of halogens is 1. The molecule has 19 heavy (non-hydrogen) atoms. The fourth-order valence-corrected chi connectivity index (χ4v) is 1.87. The van der Waals surface area contributed by atoms with E-state index in [0.29, 0.717) is 23.2 Å². The third kappa shape index (κ3) is 3.07. The van der Waals surface area contributed by atoms with Gasteiger partial charge in [0, 0.05) is 0 Å². The summed E-state index contributed by atoms with van der Waals surface area (Å²) in [7, 11) is 1.57. The van der Waals surface area contributed by atoms with Crippen LogP contribution in [-0.4, -0.2) is 13.4 Å². The summed E-state index contributed by atoms with van der Waals surface area (Å²) in [4.78, 5) is 10.8. The van der Waals surface area contributed by atoms with Crippen LogP contribution in [0.4, 0.5) is 4.39 Å². The molecule has 96 valence electrons. The molecule has 0 spiro atoms. The molecule has 3 heteroatoms. The normalized spacial score (nSPS) is 11.2. The fourth-order valence-electron chi connectivity index (χ4n) is 1.87. The van der Waals surface area contributed by atoms with Crippen molar-refractivity contribution in [3.63, 3.8) is 0 Å². The number of hydrogen-bond acceptors (Lipinski definition) is 2. The lowest BCUT2D eigenvalue weighted by Gasteiger charge is -2.09. The van der Waals surface area contributed by atoms with E-state index in [1.165, 1.54) is 18.2 Å². The van der Waals surface area contributed by atoms with Crippen LogP contribution in [0.3, 0.4) is 0 Å². The van der Waals surface area contributed by atoms with Crippen molar-refractivity contribution in [2.75, 3.05) is 7.11 Å². The van der Waals surface area contributed by atoms with E-state index in [1.54, 1.807) is 25.3 Å². The van der Waals surface area contributed by atoms with Crippen molar-refractivity contribution in [3.8, 4) is 5.75 Å². The Labute approximate surface area is 111 Å². The van der Waals surface area contributed by atoms with Crippen molar-refractivity contribution >= 4 is 11.9 Å². The number of hydrogen-bond donors (Lipinski definition) is 0. The first-order chi connectivity index (χ1) is 9.24. The first-order valence-corrected chi connectivity index (χ1v) is 5.80. The van der Waals surface area contributed by atoms with Gasteiger partial charge in [-0.2, -0.15) is 0 Å². The molecule has 0 aromatic heterocycles. The van der Waals surface area contributed by atoms with E-state index < -0.39 is 0 Å². The Hall–Kier alpha value is -2.42. The van der Waals surface area contributed by atoms with Gasteiger partial charge < -0.3 is 4.74 Å². The van der Waals surface area contributed by atoms with Crippen LogP contribution in [0.5, 0.6) is 5.75 Å². The van der Waals surface area contributed by atoms with Crippen LogP contribution >= 0.6 is 0 Å². The molecule has 0 saturated carbocycles. The Bertz CT molecular complexity index is 618. The second-order valence-corrected chi connectivity index (χ2v) is 3.96. The number of rotatable bonds is 4. The minimum atomic E-state index is -0.336. The third-order valence-electron chi connectivity index (χ3n) is 2.75. The maximum atomic E-state index is 13.3. The molecule has 0 aliphatic heterocycles. The highest BCUT2D eigenvalue weighted by Crippen LogP contribution is 2.26. The maximum absolute atomic E-state index is 13.3. The summed E-state index contributed by atoms with van der Waals surface area (Å²) in [5, 5.41) is 0. The molecule has 0 bridgehead atoms. The number of methoxy groups -OCH3 is 1. The Morgan fingerprint density at radius 2 is 1.79 bits per heavy atom. The summed E-state index contributed by atoms with van der Waals surface area (Å²) in [6, 6.07) is 13.4. The summed E-state index contributed by atoms with van der Waals surface area (Å²) >= 11 is 0. The van der Waals surface area contributed by atoms with Crippen LogP contribution in [-0.2, 0) is 4.79 Å². The van der Waals surface area contributed by atoms with E-state index in [-0.39, 0.29) is 5.82 Å². The summed E-state index contributed by atoms with van der Waals surface area (Å²) in [5.41, 5.74) is 2.12. The molecule has 0 aliphatic rings. The zero-order chi connectivity index (χ0) is 13.7. The van der Waals surface area contributed by atoms with Gasteiger partial charge in [-0.3, -0.25) is 4.79 Å². The van der Waals surface area contributed by atoms with Crippen LogP contribution in [0.1, 0.15) is 11.1 Å². The summed E-state index contributed by atoms with van der Waals surface area (Å²) in [6.45, 7) is 0. The second kappa shape index (κ2) is 5.96. The van der Waals surface area contributed by atoms with Gasteiger partial charge in [0.25, 0.3) is 0 Å². The topological polar surface area (TPSA) is 26.3 Å². The molecule has 0 heterocycles. The molecule has 0 saturated heterocycles. The Morgan fingerprint density at radius 3 is 2.42 bits per heavy atom. The number of ether oxygens (including phenoxy) is 1. The van der Waals surface area contributed by atoms with E-state index in [4.69, 9.17) is 4.74 Å². The van der Waals surface area contributed by atoms with Crippen molar-refractivity contribution in [3.05, 3.63) is 71.6 Å². The third-order valence-corrected chi connectivity index (χ3v) is 2.75. The van der Waals surface area contributed by atoms with Crippen LogP contribution in [0, 0.1) is 5.82 Å². The molecule has 0 unspecified atom stereocenters. The zero-order valence-electron chi connectivity index (χ0n) is 10.5.